The Morgan fingerprint density at radius 2 is 2.24 bits per heavy atom. The smallest absolute Gasteiger partial charge is 0.171 e. The summed E-state index contributed by atoms with van der Waals surface area (Å²) < 4.78 is 18.1. The van der Waals surface area contributed by atoms with Crippen molar-refractivity contribution < 1.29 is 13.9 Å². The molecule has 2 rings (SSSR count). The molecule has 0 saturated carbocycles. The van der Waals surface area contributed by atoms with Crippen molar-refractivity contribution in [3.05, 3.63) is 35.1 Å². The van der Waals surface area contributed by atoms with Crippen LogP contribution in [-0.2, 0) is 0 Å². The van der Waals surface area contributed by atoms with E-state index in [1.807, 2.05) is 0 Å². The van der Waals surface area contributed by atoms with Crippen LogP contribution >= 0.6 is 11.3 Å². The maximum absolute atomic E-state index is 13.2. The molecule has 88 valence electrons. The number of methoxy groups -OCH3 is 1. The number of carbonyl (C=O) groups is 1. The Morgan fingerprint density at radius 3 is 2.82 bits per heavy atom. The van der Waals surface area contributed by atoms with E-state index in [2.05, 4.69) is 4.98 Å². The fourth-order valence-corrected chi connectivity index (χ4v) is 2.17. The van der Waals surface area contributed by atoms with Gasteiger partial charge >= 0.3 is 0 Å². The largest absolute Gasteiger partial charge is 0.494 e. The molecule has 1 aromatic heterocycles. The zero-order chi connectivity index (χ0) is 12.4. The fraction of sp³-hybridized carbons (Fsp3) is 0.167. The Balaban J connectivity index is 2.42. The van der Waals surface area contributed by atoms with Crippen molar-refractivity contribution in [1.82, 2.24) is 4.98 Å². The first-order chi connectivity index (χ1) is 8.11. The molecule has 0 radical (unpaired) electrons. The summed E-state index contributed by atoms with van der Waals surface area (Å²) in [5, 5.41) is 0.675. The fourth-order valence-electron chi connectivity index (χ4n) is 1.36. The summed E-state index contributed by atoms with van der Waals surface area (Å²) in [7, 11) is 1.41. The highest BCUT2D eigenvalue weighted by Gasteiger charge is 2.10. The van der Waals surface area contributed by atoms with Gasteiger partial charge in [0, 0.05) is 18.7 Å². The standard InChI is InChI=1S/C12H10FNO2S/c1-7(15)11-6-14-12(17-11)8-3-4-9(13)10(5-8)16-2/h3-6H,1-2H3. The number of benzene rings is 1. The average molecular weight is 251 g/mol. The van der Waals surface area contributed by atoms with Crippen molar-refractivity contribution in [2.75, 3.05) is 7.11 Å². The molecular formula is C12H10FNO2S. The first-order valence-corrected chi connectivity index (χ1v) is 5.74. The van der Waals surface area contributed by atoms with Crippen LogP contribution in [0, 0.1) is 5.82 Å². The number of hydrogen-bond acceptors (Lipinski definition) is 4. The number of thiazole rings is 1. The van der Waals surface area contributed by atoms with Crippen LogP contribution in [0.5, 0.6) is 5.75 Å². The van der Waals surface area contributed by atoms with Gasteiger partial charge in [-0.2, -0.15) is 0 Å². The summed E-state index contributed by atoms with van der Waals surface area (Å²) in [5.41, 5.74) is 0.737. The number of Topliss-reactive ketones (excluding diaryl/α,β-unsaturated/α-hetero) is 1. The maximum Gasteiger partial charge on any atom is 0.171 e. The number of ether oxygens (including phenoxy) is 1. The van der Waals surface area contributed by atoms with E-state index in [1.54, 1.807) is 12.1 Å². The zero-order valence-corrected chi connectivity index (χ0v) is 10.2. The van der Waals surface area contributed by atoms with Gasteiger partial charge in [0.15, 0.2) is 17.3 Å². The van der Waals surface area contributed by atoms with Crippen molar-refractivity contribution >= 4 is 17.1 Å². The van der Waals surface area contributed by atoms with Crippen LogP contribution in [0.2, 0.25) is 0 Å². The normalized spacial score (nSPS) is 10.3. The number of ketones is 1. The minimum Gasteiger partial charge on any atom is -0.494 e. The highest BCUT2D eigenvalue weighted by atomic mass is 32.1. The molecule has 0 bridgehead atoms. The van der Waals surface area contributed by atoms with Crippen molar-refractivity contribution in [3.8, 4) is 16.3 Å². The summed E-state index contributed by atoms with van der Waals surface area (Å²) in [6.07, 6.45) is 1.53. The van der Waals surface area contributed by atoms with Gasteiger partial charge in [0.05, 0.1) is 12.0 Å². The van der Waals surface area contributed by atoms with Gasteiger partial charge < -0.3 is 4.74 Å². The molecule has 0 spiro atoms. The van der Waals surface area contributed by atoms with Gasteiger partial charge in [-0.3, -0.25) is 4.79 Å². The molecule has 1 aromatic carbocycles. The Labute approximate surface area is 102 Å². The lowest BCUT2D eigenvalue weighted by molar-refractivity contribution is 0.102. The number of nitrogens with zero attached hydrogens (tertiary/aromatic N) is 1. The maximum atomic E-state index is 13.2. The molecule has 0 fully saturated rings. The molecule has 0 saturated heterocycles. The lowest BCUT2D eigenvalue weighted by Crippen LogP contribution is -1.88. The molecule has 2 aromatic rings. The topological polar surface area (TPSA) is 39.2 Å². The second kappa shape index (κ2) is 4.63. The zero-order valence-electron chi connectivity index (χ0n) is 9.36. The van der Waals surface area contributed by atoms with Crippen LogP contribution < -0.4 is 4.74 Å². The summed E-state index contributed by atoms with van der Waals surface area (Å²) >= 11 is 1.28. The number of halogens is 1. The highest BCUT2D eigenvalue weighted by Crippen LogP contribution is 2.29. The first kappa shape index (κ1) is 11.7. The minimum atomic E-state index is -0.417. The van der Waals surface area contributed by atoms with Gasteiger partial charge in [0.25, 0.3) is 0 Å². The summed E-state index contributed by atoms with van der Waals surface area (Å²) in [4.78, 5) is 15.9. The van der Waals surface area contributed by atoms with Crippen LogP contribution in [0.3, 0.4) is 0 Å². The number of rotatable bonds is 3. The summed E-state index contributed by atoms with van der Waals surface area (Å²) in [6.45, 7) is 1.49. The van der Waals surface area contributed by atoms with E-state index in [4.69, 9.17) is 4.74 Å². The van der Waals surface area contributed by atoms with E-state index < -0.39 is 5.82 Å². The van der Waals surface area contributed by atoms with Crippen LogP contribution in [0.4, 0.5) is 4.39 Å². The molecule has 0 atom stereocenters. The monoisotopic (exact) mass is 251 g/mol. The van der Waals surface area contributed by atoms with Gasteiger partial charge in [-0.25, -0.2) is 9.37 Å². The van der Waals surface area contributed by atoms with Gasteiger partial charge in [0.1, 0.15) is 5.01 Å². The molecule has 0 N–H and O–H groups in total. The van der Waals surface area contributed by atoms with Crippen molar-refractivity contribution in [2.45, 2.75) is 6.92 Å². The van der Waals surface area contributed by atoms with Gasteiger partial charge in [0.2, 0.25) is 0 Å². The second-order valence-electron chi connectivity index (χ2n) is 3.44. The lowest BCUT2D eigenvalue weighted by atomic mass is 10.2. The van der Waals surface area contributed by atoms with E-state index in [0.717, 1.165) is 5.56 Å². The molecule has 0 unspecified atom stereocenters. The third-order valence-electron chi connectivity index (χ3n) is 2.25. The summed E-state index contributed by atoms with van der Waals surface area (Å²) in [5.74, 6) is -0.274. The van der Waals surface area contributed by atoms with Gasteiger partial charge in [-0.05, 0) is 18.2 Å². The van der Waals surface area contributed by atoms with E-state index in [0.29, 0.717) is 9.88 Å². The Bertz CT molecular complexity index is 565. The van der Waals surface area contributed by atoms with E-state index in [9.17, 15) is 9.18 Å². The van der Waals surface area contributed by atoms with Gasteiger partial charge in [-0.15, -0.1) is 11.3 Å². The van der Waals surface area contributed by atoms with E-state index in [-0.39, 0.29) is 11.5 Å². The predicted molar refractivity (Wildman–Crippen MR) is 64.1 cm³/mol. The third kappa shape index (κ3) is 2.34. The molecule has 0 aliphatic carbocycles. The van der Waals surface area contributed by atoms with E-state index in [1.165, 1.54) is 37.6 Å². The molecule has 3 nitrogen and oxygen atoms in total. The Kier molecular flexibility index (Phi) is 3.19. The Hall–Kier alpha value is -1.75. The molecule has 1 heterocycles. The molecule has 0 aliphatic rings. The molecule has 0 aliphatic heterocycles. The highest BCUT2D eigenvalue weighted by molar-refractivity contribution is 7.16. The third-order valence-corrected chi connectivity index (χ3v) is 3.40. The van der Waals surface area contributed by atoms with Gasteiger partial charge in [-0.1, -0.05) is 0 Å². The van der Waals surface area contributed by atoms with Crippen molar-refractivity contribution in [2.24, 2.45) is 0 Å². The summed E-state index contributed by atoms with van der Waals surface area (Å²) in [6, 6.07) is 4.50. The average Bonchev–Trinajstić information content (AvgIpc) is 2.79. The number of carbonyl (C=O) groups excluding carboxylic acids is 1. The predicted octanol–water partition coefficient (Wildman–Crippen LogP) is 3.16. The van der Waals surface area contributed by atoms with Crippen LogP contribution in [0.15, 0.2) is 24.4 Å². The molecule has 5 heteroatoms. The first-order valence-electron chi connectivity index (χ1n) is 4.92. The van der Waals surface area contributed by atoms with Crippen LogP contribution in [0.25, 0.3) is 10.6 Å². The van der Waals surface area contributed by atoms with Crippen molar-refractivity contribution in [1.29, 1.82) is 0 Å². The number of aromatic nitrogens is 1. The van der Waals surface area contributed by atoms with E-state index >= 15 is 0 Å². The molecular weight excluding hydrogens is 241 g/mol. The number of hydrogen-bond donors (Lipinski definition) is 0. The lowest BCUT2D eigenvalue weighted by Gasteiger charge is -2.03. The quantitative estimate of drug-likeness (QED) is 0.786. The van der Waals surface area contributed by atoms with Crippen molar-refractivity contribution in [3.63, 3.8) is 0 Å². The molecule has 17 heavy (non-hydrogen) atoms. The van der Waals surface area contributed by atoms with Crippen LogP contribution in [-0.4, -0.2) is 17.9 Å². The minimum absolute atomic E-state index is 0.0252. The molecule has 0 amide bonds. The Morgan fingerprint density at radius 1 is 1.47 bits per heavy atom. The SMILES string of the molecule is COc1cc(-c2ncc(C(C)=O)s2)ccc1F. The van der Waals surface area contributed by atoms with Crippen LogP contribution in [0.1, 0.15) is 16.6 Å². The second-order valence-corrected chi connectivity index (χ2v) is 4.47.